The van der Waals surface area contributed by atoms with E-state index < -0.39 is 0 Å². The Morgan fingerprint density at radius 2 is 2.54 bits per heavy atom. The Kier molecular flexibility index (Phi) is 3.43. The number of thioether (sulfide) groups is 1. The molecule has 72 valence electrons. The molecule has 1 unspecified atom stereocenters. The maximum Gasteiger partial charge on any atom is 0.205 e. The lowest BCUT2D eigenvalue weighted by Crippen LogP contribution is -2.19. The third-order valence-corrected chi connectivity index (χ3v) is 4.16. The maximum absolute atomic E-state index is 3.95. The second kappa shape index (κ2) is 4.81. The summed E-state index contributed by atoms with van der Waals surface area (Å²) in [4.78, 5) is 0. The van der Waals surface area contributed by atoms with Crippen LogP contribution in [0.2, 0.25) is 0 Å². The second-order valence-corrected chi connectivity index (χ2v) is 5.35. The Hall–Kier alpha value is -0.290. The molecular weight excluding hydrogens is 202 g/mol. The van der Waals surface area contributed by atoms with Gasteiger partial charge in [0.05, 0.1) is 0 Å². The van der Waals surface area contributed by atoms with Crippen LogP contribution in [0.5, 0.6) is 0 Å². The monoisotopic (exact) mass is 215 g/mol. The third-order valence-electron chi connectivity index (χ3n) is 2.11. The summed E-state index contributed by atoms with van der Waals surface area (Å²) in [7, 11) is 0. The van der Waals surface area contributed by atoms with Gasteiger partial charge in [-0.2, -0.15) is 11.8 Å². The van der Waals surface area contributed by atoms with E-state index in [4.69, 9.17) is 0 Å². The molecule has 0 aromatic carbocycles. The fourth-order valence-electron chi connectivity index (χ4n) is 1.42. The quantitative estimate of drug-likeness (QED) is 0.839. The zero-order valence-electron chi connectivity index (χ0n) is 7.40. The van der Waals surface area contributed by atoms with E-state index in [1.807, 2.05) is 0 Å². The van der Waals surface area contributed by atoms with Crippen LogP contribution in [0.4, 0.5) is 5.13 Å². The zero-order chi connectivity index (χ0) is 8.93. The fourth-order valence-corrected chi connectivity index (χ4v) is 3.11. The van der Waals surface area contributed by atoms with Gasteiger partial charge in [-0.25, -0.2) is 0 Å². The van der Waals surface area contributed by atoms with Crippen molar-refractivity contribution >= 4 is 28.2 Å². The van der Waals surface area contributed by atoms with Crippen LogP contribution in [-0.4, -0.2) is 27.7 Å². The summed E-state index contributed by atoms with van der Waals surface area (Å²) in [6.07, 6.45) is 4.12. The Labute approximate surface area is 86.3 Å². The first-order valence-corrected chi connectivity index (χ1v) is 6.49. The minimum absolute atomic E-state index is 0.776. The molecule has 2 rings (SSSR count). The number of nitrogens with zero attached hydrogens (tertiary/aromatic N) is 2. The molecule has 1 aromatic rings. The van der Waals surface area contributed by atoms with Gasteiger partial charge in [0.25, 0.3) is 0 Å². The molecule has 1 aromatic heterocycles. The highest BCUT2D eigenvalue weighted by atomic mass is 32.2. The van der Waals surface area contributed by atoms with Gasteiger partial charge >= 0.3 is 0 Å². The SMILES string of the molecule is c1nnc(NCC2CCCCS2)s1. The summed E-state index contributed by atoms with van der Waals surface area (Å²) < 4.78 is 0. The molecule has 0 spiro atoms. The van der Waals surface area contributed by atoms with Crippen molar-refractivity contribution in [2.75, 3.05) is 17.6 Å². The van der Waals surface area contributed by atoms with Crippen molar-refractivity contribution in [3.05, 3.63) is 5.51 Å². The van der Waals surface area contributed by atoms with Crippen LogP contribution < -0.4 is 5.32 Å². The molecule has 0 saturated carbocycles. The Morgan fingerprint density at radius 1 is 1.54 bits per heavy atom. The van der Waals surface area contributed by atoms with Crippen LogP contribution in [0, 0.1) is 0 Å². The molecule has 1 aliphatic rings. The average Bonchev–Trinajstić information content (AvgIpc) is 2.69. The molecule has 1 N–H and O–H groups in total. The molecule has 13 heavy (non-hydrogen) atoms. The number of anilines is 1. The lowest BCUT2D eigenvalue weighted by atomic mass is 10.2. The standard InChI is InChI=1S/C8H13N3S2/c1-2-4-12-7(3-1)5-9-8-11-10-6-13-8/h6-7H,1-5H2,(H,9,11). The van der Waals surface area contributed by atoms with Crippen LogP contribution in [0.1, 0.15) is 19.3 Å². The van der Waals surface area contributed by atoms with E-state index in [9.17, 15) is 0 Å². The van der Waals surface area contributed by atoms with Crippen LogP contribution in [0.3, 0.4) is 0 Å². The first kappa shape index (κ1) is 9.27. The summed E-state index contributed by atoms with van der Waals surface area (Å²) in [5.41, 5.74) is 1.76. The smallest absolute Gasteiger partial charge is 0.205 e. The summed E-state index contributed by atoms with van der Waals surface area (Å²) in [5, 5.41) is 12.8. The summed E-state index contributed by atoms with van der Waals surface area (Å²) in [6, 6.07) is 0. The first-order valence-electron chi connectivity index (χ1n) is 4.57. The number of hydrogen-bond acceptors (Lipinski definition) is 5. The van der Waals surface area contributed by atoms with Crippen molar-refractivity contribution in [3.8, 4) is 0 Å². The fraction of sp³-hybridized carbons (Fsp3) is 0.750. The van der Waals surface area contributed by atoms with Gasteiger partial charge < -0.3 is 5.32 Å². The average molecular weight is 215 g/mol. The molecule has 0 bridgehead atoms. The van der Waals surface area contributed by atoms with Gasteiger partial charge in [-0.05, 0) is 18.6 Å². The molecule has 0 radical (unpaired) electrons. The number of hydrogen-bond donors (Lipinski definition) is 1. The summed E-state index contributed by atoms with van der Waals surface area (Å²) >= 11 is 3.65. The Balaban J connectivity index is 1.72. The van der Waals surface area contributed by atoms with Gasteiger partial charge in [0.2, 0.25) is 5.13 Å². The predicted molar refractivity (Wildman–Crippen MR) is 58.5 cm³/mol. The lowest BCUT2D eigenvalue weighted by molar-refractivity contribution is 0.677. The second-order valence-electron chi connectivity index (χ2n) is 3.11. The highest BCUT2D eigenvalue weighted by Crippen LogP contribution is 2.25. The van der Waals surface area contributed by atoms with Gasteiger partial charge in [0, 0.05) is 11.8 Å². The van der Waals surface area contributed by atoms with Crippen LogP contribution in [-0.2, 0) is 0 Å². The zero-order valence-corrected chi connectivity index (χ0v) is 9.03. The van der Waals surface area contributed by atoms with Crippen LogP contribution in [0.15, 0.2) is 5.51 Å². The first-order chi connectivity index (χ1) is 6.45. The van der Waals surface area contributed by atoms with Crippen molar-refractivity contribution in [1.82, 2.24) is 10.2 Å². The molecule has 1 aliphatic heterocycles. The minimum atomic E-state index is 0.776. The molecular formula is C8H13N3S2. The summed E-state index contributed by atoms with van der Waals surface area (Å²) in [6.45, 7) is 1.04. The third kappa shape index (κ3) is 2.84. The molecule has 5 heteroatoms. The molecule has 2 heterocycles. The Bertz CT molecular complexity index is 232. The predicted octanol–water partition coefficient (Wildman–Crippen LogP) is 2.24. The van der Waals surface area contributed by atoms with E-state index in [2.05, 4.69) is 27.3 Å². The number of nitrogens with one attached hydrogen (secondary N) is 1. The van der Waals surface area contributed by atoms with Crippen molar-refractivity contribution in [3.63, 3.8) is 0 Å². The Morgan fingerprint density at radius 3 is 3.23 bits per heavy atom. The van der Waals surface area contributed by atoms with Crippen LogP contribution >= 0.6 is 23.1 Å². The molecule has 1 fully saturated rings. The van der Waals surface area contributed by atoms with E-state index in [0.717, 1.165) is 16.9 Å². The lowest BCUT2D eigenvalue weighted by Gasteiger charge is -2.20. The van der Waals surface area contributed by atoms with E-state index in [1.165, 1.54) is 25.0 Å². The highest BCUT2D eigenvalue weighted by molar-refractivity contribution is 7.99. The van der Waals surface area contributed by atoms with Crippen molar-refractivity contribution in [1.29, 1.82) is 0 Å². The van der Waals surface area contributed by atoms with Crippen molar-refractivity contribution in [2.24, 2.45) is 0 Å². The van der Waals surface area contributed by atoms with Crippen LogP contribution in [0.25, 0.3) is 0 Å². The van der Waals surface area contributed by atoms with Gasteiger partial charge in [-0.15, -0.1) is 10.2 Å². The van der Waals surface area contributed by atoms with Crippen molar-refractivity contribution in [2.45, 2.75) is 24.5 Å². The molecule has 1 saturated heterocycles. The van der Waals surface area contributed by atoms with Crippen molar-refractivity contribution < 1.29 is 0 Å². The maximum atomic E-state index is 3.95. The van der Waals surface area contributed by atoms with E-state index >= 15 is 0 Å². The number of rotatable bonds is 3. The number of aromatic nitrogens is 2. The van der Waals surface area contributed by atoms with E-state index in [0.29, 0.717) is 0 Å². The molecule has 3 nitrogen and oxygen atoms in total. The molecule has 0 amide bonds. The topological polar surface area (TPSA) is 37.8 Å². The highest BCUT2D eigenvalue weighted by Gasteiger charge is 2.13. The largest absolute Gasteiger partial charge is 0.359 e. The van der Waals surface area contributed by atoms with E-state index in [-0.39, 0.29) is 0 Å². The summed E-state index contributed by atoms with van der Waals surface area (Å²) in [5.74, 6) is 1.32. The minimum Gasteiger partial charge on any atom is -0.359 e. The van der Waals surface area contributed by atoms with Gasteiger partial charge in [-0.3, -0.25) is 0 Å². The van der Waals surface area contributed by atoms with Gasteiger partial charge in [0.15, 0.2) is 0 Å². The molecule has 0 aliphatic carbocycles. The van der Waals surface area contributed by atoms with E-state index in [1.54, 1.807) is 16.8 Å². The van der Waals surface area contributed by atoms with Gasteiger partial charge in [0.1, 0.15) is 5.51 Å². The van der Waals surface area contributed by atoms with Gasteiger partial charge in [-0.1, -0.05) is 17.8 Å². The molecule has 1 atom stereocenters. The normalized spacial score (nSPS) is 22.9.